The maximum atomic E-state index is 15.4. The summed E-state index contributed by atoms with van der Waals surface area (Å²) in [5.74, 6) is -27.9. The number of hydrogen-bond donors (Lipinski definition) is 33. The smallest absolute Gasteiger partial charge is 0.328 e. The van der Waals surface area contributed by atoms with Crippen LogP contribution in [-0.4, -0.2) is 339 Å². The number of rotatable bonds is 61. The summed E-state index contributed by atoms with van der Waals surface area (Å²) in [6, 6.07) is -8.62. The lowest BCUT2D eigenvalue weighted by Crippen LogP contribution is -2.62. The van der Waals surface area contributed by atoms with Crippen LogP contribution in [0.2, 0.25) is 0 Å². The Hall–Kier alpha value is -14.9. The number of likely N-dealkylation sites (tertiary alicyclic amines) is 1. The Morgan fingerprint density at radius 1 is 0.461 bits per heavy atom. The number of para-hydroxylation sites is 1. The minimum absolute atomic E-state index is 0.0620. The number of amides is 16. The first-order valence-corrected chi connectivity index (χ1v) is 46.5. The molecule has 0 saturated carbocycles. The number of aromatic hydroxyl groups is 1. The van der Waals surface area contributed by atoms with Gasteiger partial charge in [0.25, 0.3) is 0 Å². The number of aromatic amines is 2. The van der Waals surface area contributed by atoms with Crippen molar-refractivity contribution in [2.75, 3.05) is 56.4 Å². The van der Waals surface area contributed by atoms with Gasteiger partial charge in [0.1, 0.15) is 96.4 Å². The molecular formula is C85H118N26O27S3. The minimum atomic E-state index is -2.19. The van der Waals surface area contributed by atoms with Crippen LogP contribution in [-0.2, 0) is 122 Å². The SMILES string of the molecule is CSCC[C@H](NC(=O)[C@H](CS)NC(=O)[C@H](Cc1ccccc1)NC(=O)[C@H](CO)NC(=O)[C@@H](N)CCCNC(=N)N)C(=O)N[C@@H](CC(=O)O)C(=O)N[C@@H](Cc1c[nH]c2ccccc12)C(=O)N1CCC[C@H]1C(=O)N[C@@H](CC(N)=O)C(=O)N[C@@H](Cc1cnc[nH]1)C(=O)N[C@@H](CCCNC(=N)N)C(=O)N[C@@H](CC(=O)O)C(=O)N[C@@H](CS)C(=O)N[C@@H](CC(=O)O)C(=O)N[C@@H](Cc1ccc(O)cc1)C(=O)N[C@@H](CO)C(=O)O. The molecule has 0 unspecified atom stereocenters. The number of thiol groups is 2. The number of benzene rings is 3. The second-order valence-corrected chi connectivity index (χ2v) is 34.1. The molecule has 2 aromatic heterocycles. The summed E-state index contributed by atoms with van der Waals surface area (Å²) in [6.07, 6.45) is -1.31. The van der Waals surface area contributed by atoms with Crippen LogP contribution in [0.4, 0.5) is 0 Å². The van der Waals surface area contributed by atoms with Crippen LogP contribution in [0, 0.1) is 10.8 Å². The highest BCUT2D eigenvalue weighted by Gasteiger charge is 2.44. The van der Waals surface area contributed by atoms with Gasteiger partial charge in [0.15, 0.2) is 11.9 Å². The second kappa shape index (κ2) is 58.1. The first kappa shape index (κ1) is 115. The molecule has 3 heterocycles. The highest BCUT2D eigenvalue weighted by molar-refractivity contribution is 7.98. The van der Waals surface area contributed by atoms with Crippen LogP contribution in [0.25, 0.3) is 10.9 Å². The Labute approximate surface area is 819 Å². The summed E-state index contributed by atoms with van der Waals surface area (Å²) >= 11 is 9.61. The minimum Gasteiger partial charge on any atom is -0.508 e. The van der Waals surface area contributed by atoms with Crippen LogP contribution in [0.1, 0.15) is 93.0 Å². The van der Waals surface area contributed by atoms with Gasteiger partial charge >= 0.3 is 23.9 Å². The Bertz CT molecular complexity index is 5240. The number of carboxylic acid groups (broad SMARTS) is 4. The van der Waals surface area contributed by atoms with Gasteiger partial charge < -0.3 is 159 Å². The first-order valence-electron chi connectivity index (χ1n) is 43.9. The lowest BCUT2D eigenvalue weighted by atomic mass is 10.0. The van der Waals surface area contributed by atoms with E-state index < -0.39 is 297 Å². The number of primary amides is 1. The number of fused-ring (bicyclic) bond motifs is 1. The maximum absolute atomic E-state index is 15.4. The number of carbonyl (C=O) groups excluding carboxylic acids is 16. The molecule has 0 spiro atoms. The number of carbonyl (C=O) groups is 20. The number of H-pyrrole nitrogens is 2. The van der Waals surface area contributed by atoms with E-state index in [2.05, 4.69) is 120 Å². The fraction of sp³-hybridized carbons (Fsp3) is 0.471. The quantitative estimate of drug-likeness (QED) is 0.00744. The molecule has 141 heavy (non-hydrogen) atoms. The van der Waals surface area contributed by atoms with E-state index in [1.807, 2.05) is 5.32 Å². The van der Waals surface area contributed by atoms with Crippen LogP contribution in [0.5, 0.6) is 5.75 Å². The molecule has 53 nitrogen and oxygen atoms in total. The van der Waals surface area contributed by atoms with Crippen molar-refractivity contribution in [3.8, 4) is 5.75 Å². The first-order chi connectivity index (χ1) is 67.0. The lowest BCUT2D eigenvalue weighted by molar-refractivity contribution is -0.144. The summed E-state index contributed by atoms with van der Waals surface area (Å²) < 4.78 is 0. The third-order valence-electron chi connectivity index (χ3n) is 21.6. The number of nitrogens with zero attached hydrogens (tertiary/aromatic N) is 2. The summed E-state index contributed by atoms with van der Waals surface area (Å²) in [7, 11) is 0. The third-order valence-corrected chi connectivity index (χ3v) is 23.0. The number of aromatic nitrogens is 3. The fourth-order valence-corrected chi connectivity index (χ4v) is 15.3. The normalized spacial score (nSPS) is 15.3. The average molecular weight is 2030 g/mol. The molecule has 6 rings (SSSR count). The van der Waals surface area contributed by atoms with Crippen LogP contribution < -0.4 is 108 Å². The Morgan fingerprint density at radius 2 is 0.865 bits per heavy atom. The number of nitrogens with one attached hydrogen (secondary N) is 20. The second-order valence-electron chi connectivity index (χ2n) is 32.3. The molecule has 35 N–H and O–H groups in total. The van der Waals surface area contributed by atoms with Gasteiger partial charge in [-0.1, -0.05) is 60.7 Å². The molecule has 16 amide bonds. The van der Waals surface area contributed by atoms with Crippen molar-refractivity contribution < 1.29 is 132 Å². The van der Waals surface area contributed by atoms with Gasteiger partial charge in [0.2, 0.25) is 94.5 Å². The van der Waals surface area contributed by atoms with E-state index in [1.54, 1.807) is 60.9 Å². The zero-order chi connectivity index (χ0) is 104. The molecule has 5 aromatic rings. The predicted octanol–water partition coefficient (Wildman–Crippen LogP) is -9.52. The number of thioether (sulfide) groups is 1. The molecule has 0 radical (unpaired) electrons. The monoisotopic (exact) mass is 2030 g/mol. The van der Waals surface area contributed by atoms with E-state index in [-0.39, 0.29) is 93.3 Å². The van der Waals surface area contributed by atoms with E-state index in [1.165, 1.54) is 54.7 Å². The van der Waals surface area contributed by atoms with Gasteiger partial charge in [-0.05, 0) is 91.8 Å². The van der Waals surface area contributed by atoms with E-state index in [0.717, 1.165) is 4.90 Å². The number of imidazole rings is 1. The molecule has 0 aliphatic carbocycles. The number of hydrogen-bond acceptors (Lipinski definition) is 30. The van der Waals surface area contributed by atoms with Crippen molar-refractivity contribution in [3.05, 3.63) is 120 Å². The number of carboxylic acids is 4. The molecule has 1 saturated heterocycles. The van der Waals surface area contributed by atoms with E-state index in [9.17, 15) is 127 Å². The molecular weight excluding hydrogens is 1910 g/mol. The summed E-state index contributed by atoms with van der Waals surface area (Å²) in [6.45, 7) is -2.29. The number of phenols is 1. The highest BCUT2D eigenvalue weighted by atomic mass is 32.2. The number of guanidine groups is 2. The number of aliphatic hydroxyl groups is 2. The third kappa shape index (κ3) is 38.4. The molecule has 1 aliphatic heterocycles. The Balaban J connectivity index is 1.22. The van der Waals surface area contributed by atoms with Gasteiger partial charge in [-0.15, -0.1) is 0 Å². The van der Waals surface area contributed by atoms with E-state index >= 15 is 4.79 Å². The maximum Gasteiger partial charge on any atom is 0.328 e. The number of aliphatic hydroxyl groups excluding tert-OH is 2. The number of aliphatic carboxylic acids is 4. The summed E-state index contributed by atoms with van der Waals surface area (Å²) in [4.78, 5) is 288. The standard InChI is InChI=1S/C85H118N26O27S3/c1-141-25-21-50(98-79(133)61(38-139)109-72(126)51(26-41-10-3-2-4-11-41)100-78(132)59(36-112)107-68(122)47(86)13-7-22-93-84(88)89)70(124)103-56(32-66(118)119)76(130)106-58(28-43-34-95-48-14-6-5-12-46(43)48)82(136)111-24-9-16-63(111)81(135)105-54(30-64(87)115)74(128)101-53(29-44-35-92-40-96-44)73(127)97-49(15-8-23-94-85(90)91)69(123)102-57(33-67(120)121)77(131)110-62(39-140)80(134)104-55(31-65(116)117)75(129)99-52(27-42-17-19-45(114)20-18-42)71(125)108-60(37-113)83(137)138/h2-6,10-12,14,17-20,34-35,40,47,49-63,95,112-114,139-140H,7-9,13,15-16,21-33,36-39,86H2,1H3,(H2,87,115)(H,92,96)(H,97,127)(H,98,133)(H,99,129)(H,100,132)(H,101,128)(H,102,123)(H,103,124)(H,104,134)(H,105,135)(H,106,130)(H,107,122)(H,108,125)(H,109,126)(H,110,131)(H,116,117)(H,118,119)(H,120,121)(H,137,138)(H4,88,89,93)(H4,90,91,94)/t47-,49-,50-,51-,52-,53-,54-,55-,56-,57-,58-,59-,60-,61-,62-,63-/m0/s1. The van der Waals surface area contributed by atoms with Crippen molar-refractivity contribution in [1.29, 1.82) is 10.8 Å². The number of phenolic OH excluding ortho intramolecular Hbond substituents is 1. The predicted molar refractivity (Wildman–Crippen MR) is 507 cm³/mol. The highest BCUT2D eigenvalue weighted by Crippen LogP contribution is 2.25. The van der Waals surface area contributed by atoms with Crippen molar-refractivity contribution >= 4 is 178 Å². The van der Waals surface area contributed by atoms with E-state index in [4.69, 9.17) is 33.8 Å². The van der Waals surface area contributed by atoms with Gasteiger partial charge in [-0.3, -0.25) is 102 Å². The van der Waals surface area contributed by atoms with Gasteiger partial charge in [-0.25, -0.2) is 9.78 Å². The van der Waals surface area contributed by atoms with Crippen LogP contribution >= 0.6 is 37.0 Å². The lowest BCUT2D eigenvalue weighted by Gasteiger charge is -2.31. The van der Waals surface area contributed by atoms with Crippen molar-refractivity contribution in [1.82, 2.24) is 105 Å². The van der Waals surface area contributed by atoms with Crippen molar-refractivity contribution in [2.45, 2.75) is 193 Å². The topological polar surface area (TPSA) is 875 Å². The zero-order valence-corrected chi connectivity index (χ0v) is 78.6. The molecule has 1 fully saturated rings. The molecule has 1 aliphatic rings. The largest absolute Gasteiger partial charge is 0.508 e. The number of nitrogens with two attached hydrogens (primary N) is 4. The van der Waals surface area contributed by atoms with Crippen molar-refractivity contribution in [3.63, 3.8) is 0 Å². The molecule has 3 aromatic carbocycles. The molecule has 16 atom stereocenters. The van der Waals surface area contributed by atoms with Gasteiger partial charge in [-0.2, -0.15) is 37.0 Å². The van der Waals surface area contributed by atoms with Crippen molar-refractivity contribution in [2.24, 2.45) is 22.9 Å². The average Bonchev–Trinajstić information content (AvgIpc) is 1.63. The Morgan fingerprint density at radius 3 is 1.33 bits per heavy atom. The van der Waals surface area contributed by atoms with Crippen LogP contribution in [0.15, 0.2) is 97.6 Å². The van der Waals surface area contributed by atoms with E-state index in [0.29, 0.717) is 22.0 Å². The fourth-order valence-electron chi connectivity index (χ4n) is 14.3. The Kier molecular flexibility index (Phi) is 47.3. The summed E-state index contributed by atoms with van der Waals surface area (Å²) in [5.41, 5.74) is 24.3. The molecule has 768 valence electrons. The zero-order valence-electron chi connectivity index (χ0n) is 76.0. The van der Waals surface area contributed by atoms with Gasteiger partial charge in [0.05, 0.1) is 51.3 Å². The van der Waals surface area contributed by atoms with Crippen LogP contribution in [0.3, 0.4) is 0 Å². The summed E-state index contributed by atoms with van der Waals surface area (Å²) in [5, 5.41) is 123. The molecule has 56 heteroatoms. The molecule has 0 bridgehead atoms. The van der Waals surface area contributed by atoms with Gasteiger partial charge in [0, 0.05) is 85.8 Å².